The van der Waals surface area contributed by atoms with Crippen molar-refractivity contribution < 1.29 is 13.9 Å². The quantitative estimate of drug-likeness (QED) is 0.874. The second-order valence-electron chi connectivity index (χ2n) is 4.71. The molecule has 1 saturated heterocycles. The maximum atomic E-state index is 13.6. The van der Waals surface area contributed by atoms with Crippen LogP contribution in [0.15, 0.2) is 58.4 Å². The average Bonchev–Trinajstić information content (AvgIpc) is 2.90. The van der Waals surface area contributed by atoms with Gasteiger partial charge in [-0.05, 0) is 47.7 Å². The van der Waals surface area contributed by atoms with E-state index >= 15 is 0 Å². The molecular weight excluding hydrogens is 315 g/mol. The molecule has 6 heteroatoms. The molecule has 0 atom stereocenters. The number of ether oxygens (including phenoxy) is 1. The van der Waals surface area contributed by atoms with Crippen LogP contribution in [0.1, 0.15) is 5.56 Å². The lowest BCUT2D eigenvalue weighted by Gasteiger charge is -1.99. The molecule has 1 aliphatic rings. The number of methoxy groups -OCH3 is 1. The van der Waals surface area contributed by atoms with E-state index in [2.05, 4.69) is 10.3 Å². The lowest BCUT2D eigenvalue weighted by molar-refractivity contribution is -0.115. The molecule has 0 spiro atoms. The van der Waals surface area contributed by atoms with Crippen molar-refractivity contribution in [3.8, 4) is 5.75 Å². The first-order valence-corrected chi connectivity index (χ1v) is 7.65. The molecule has 0 unspecified atom stereocenters. The highest BCUT2D eigenvalue weighted by Crippen LogP contribution is 2.29. The molecule has 1 amide bonds. The second-order valence-corrected chi connectivity index (χ2v) is 5.74. The summed E-state index contributed by atoms with van der Waals surface area (Å²) in [7, 11) is 1.60. The number of aliphatic imine (C=N–C) groups is 1. The van der Waals surface area contributed by atoms with Crippen LogP contribution in [0.5, 0.6) is 5.75 Å². The summed E-state index contributed by atoms with van der Waals surface area (Å²) in [6, 6.07) is 13.5. The van der Waals surface area contributed by atoms with Crippen molar-refractivity contribution in [2.75, 3.05) is 7.11 Å². The van der Waals surface area contributed by atoms with Crippen LogP contribution < -0.4 is 10.1 Å². The lowest BCUT2D eigenvalue weighted by atomic mass is 10.2. The van der Waals surface area contributed by atoms with E-state index in [9.17, 15) is 9.18 Å². The molecular formula is C17H13FN2O2S. The predicted molar refractivity (Wildman–Crippen MR) is 90.2 cm³/mol. The minimum absolute atomic E-state index is 0.195. The number of amides is 1. The molecule has 0 aliphatic carbocycles. The molecule has 3 rings (SSSR count). The van der Waals surface area contributed by atoms with Gasteiger partial charge in [0.25, 0.3) is 5.91 Å². The number of carbonyl (C=O) groups is 1. The maximum Gasteiger partial charge on any atom is 0.264 e. The highest BCUT2D eigenvalue weighted by atomic mass is 32.2. The Balaban J connectivity index is 1.82. The van der Waals surface area contributed by atoms with E-state index in [-0.39, 0.29) is 11.6 Å². The summed E-state index contributed by atoms with van der Waals surface area (Å²) in [6.45, 7) is 0. The molecule has 116 valence electrons. The molecule has 0 saturated carbocycles. The van der Waals surface area contributed by atoms with Crippen molar-refractivity contribution in [3.63, 3.8) is 0 Å². The summed E-state index contributed by atoms with van der Waals surface area (Å²) in [5.41, 5.74) is 1.07. The Morgan fingerprint density at radius 2 is 1.91 bits per heavy atom. The topological polar surface area (TPSA) is 50.7 Å². The third kappa shape index (κ3) is 3.60. The van der Waals surface area contributed by atoms with E-state index in [1.54, 1.807) is 31.4 Å². The number of nitrogens with zero attached hydrogens (tertiary/aromatic N) is 1. The highest BCUT2D eigenvalue weighted by Gasteiger charge is 2.24. The van der Waals surface area contributed by atoms with Crippen LogP contribution >= 0.6 is 11.8 Å². The van der Waals surface area contributed by atoms with Crippen molar-refractivity contribution in [1.29, 1.82) is 0 Å². The van der Waals surface area contributed by atoms with Gasteiger partial charge in [-0.15, -0.1) is 0 Å². The van der Waals surface area contributed by atoms with Crippen LogP contribution in [0.4, 0.5) is 10.1 Å². The minimum atomic E-state index is -0.428. The highest BCUT2D eigenvalue weighted by molar-refractivity contribution is 8.18. The van der Waals surface area contributed by atoms with Gasteiger partial charge in [-0.3, -0.25) is 4.79 Å². The van der Waals surface area contributed by atoms with Gasteiger partial charge in [-0.1, -0.05) is 24.3 Å². The van der Waals surface area contributed by atoms with E-state index in [4.69, 9.17) is 4.74 Å². The molecule has 0 aromatic heterocycles. The fourth-order valence-electron chi connectivity index (χ4n) is 1.98. The number of hydrogen-bond acceptors (Lipinski definition) is 4. The van der Waals surface area contributed by atoms with E-state index in [1.807, 2.05) is 24.3 Å². The Bertz CT molecular complexity index is 800. The van der Waals surface area contributed by atoms with E-state index in [0.29, 0.717) is 10.1 Å². The standard InChI is InChI=1S/C17H13FN2O2S/c1-22-12-8-6-11(7-9-12)10-15-16(21)20-17(23-15)19-14-5-3-2-4-13(14)18/h2-10H,1H3,(H,19,20,21). The molecule has 4 nitrogen and oxygen atoms in total. The number of hydrogen-bond donors (Lipinski definition) is 1. The van der Waals surface area contributed by atoms with Gasteiger partial charge in [-0.25, -0.2) is 9.38 Å². The van der Waals surface area contributed by atoms with Gasteiger partial charge in [0.2, 0.25) is 0 Å². The van der Waals surface area contributed by atoms with Crippen LogP contribution in [-0.4, -0.2) is 18.2 Å². The summed E-state index contributed by atoms with van der Waals surface area (Å²) in [4.78, 5) is 16.6. The van der Waals surface area contributed by atoms with Gasteiger partial charge in [0, 0.05) is 0 Å². The first-order valence-electron chi connectivity index (χ1n) is 6.84. The first kappa shape index (κ1) is 15.3. The van der Waals surface area contributed by atoms with Gasteiger partial charge >= 0.3 is 0 Å². The van der Waals surface area contributed by atoms with E-state index in [1.165, 1.54) is 17.8 Å². The fourth-order valence-corrected chi connectivity index (χ4v) is 2.82. The number of carbonyl (C=O) groups excluding carboxylic acids is 1. The summed E-state index contributed by atoms with van der Waals surface area (Å²) in [5.74, 6) is 0.0702. The minimum Gasteiger partial charge on any atom is -0.497 e. The van der Waals surface area contributed by atoms with Gasteiger partial charge in [0.05, 0.1) is 12.0 Å². The summed E-state index contributed by atoms with van der Waals surface area (Å²) in [6.07, 6.45) is 1.75. The lowest BCUT2D eigenvalue weighted by Crippen LogP contribution is -2.19. The average molecular weight is 328 g/mol. The van der Waals surface area contributed by atoms with Gasteiger partial charge < -0.3 is 10.1 Å². The van der Waals surface area contributed by atoms with Gasteiger partial charge in [0.1, 0.15) is 17.3 Å². The number of nitrogens with one attached hydrogen (secondary N) is 1. The number of rotatable bonds is 3. The Labute approximate surface area is 137 Å². The Hall–Kier alpha value is -2.60. The van der Waals surface area contributed by atoms with Crippen LogP contribution in [0.2, 0.25) is 0 Å². The fraction of sp³-hybridized carbons (Fsp3) is 0.0588. The van der Waals surface area contributed by atoms with Crippen molar-refractivity contribution >= 4 is 34.6 Å². The van der Waals surface area contributed by atoms with Crippen molar-refractivity contribution in [1.82, 2.24) is 5.32 Å². The Morgan fingerprint density at radius 3 is 2.61 bits per heavy atom. The number of thioether (sulfide) groups is 1. The SMILES string of the molecule is COc1ccc(C=C2SC(=Nc3ccccc3F)NC2=O)cc1. The molecule has 2 aromatic carbocycles. The Morgan fingerprint density at radius 1 is 1.17 bits per heavy atom. The summed E-state index contributed by atoms with van der Waals surface area (Å²) in [5, 5.41) is 3.00. The van der Waals surface area contributed by atoms with Gasteiger partial charge in [-0.2, -0.15) is 0 Å². The van der Waals surface area contributed by atoms with Crippen LogP contribution in [0.25, 0.3) is 6.08 Å². The zero-order valence-corrected chi connectivity index (χ0v) is 13.1. The molecule has 1 aliphatic heterocycles. The van der Waals surface area contributed by atoms with Gasteiger partial charge in [0.15, 0.2) is 5.17 Å². The van der Waals surface area contributed by atoms with Crippen LogP contribution in [0, 0.1) is 5.82 Å². The predicted octanol–water partition coefficient (Wildman–Crippen LogP) is 3.73. The molecule has 23 heavy (non-hydrogen) atoms. The molecule has 1 fully saturated rings. The van der Waals surface area contributed by atoms with Crippen molar-refractivity contribution in [2.45, 2.75) is 0 Å². The normalized spacial score (nSPS) is 17.6. The summed E-state index contributed by atoms with van der Waals surface area (Å²) < 4.78 is 18.7. The molecule has 1 N–H and O–H groups in total. The molecule has 2 aromatic rings. The van der Waals surface area contributed by atoms with E-state index in [0.717, 1.165) is 11.3 Å². The second kappa shape index (κ2) is 6.66. The van der Waals surface area contributed by atoms with Crippen LogP contribution in [0.3, 0.4) is 0 Å². The third-order valence-corrected chi connectivity index (χ3v) is 4.05. The molecule has 0 bridgehead atoms. The number of halogens is 1. The maximum absolute atomic E-state index is 13.6. The Kier molecular flexibility index (Phi) is 4.43. The first-order chi connectivity index (χ1) is 11.2. The van der Waals surface area contributed by atoms with Crippen molar-refractivity contribution in [2.24, 2.45) is 4.99 Å². The van der Waals surface area contributed by atoms with E-state index < -0.39 is 5.82 Å². The zero-order valence-electron chi connectivity index (χ0n) is 12.2. The third-order valence-electron chi connectivity index (χ3n) is 3.14. The number of amidine groups is 1. The monoisotopic (exact) mass is 328 g/mol. The van der Waals surface area contributed by atoms with Crippen molar-refractivity contribution in [3.05, 3.63) is 64.8 Å². The zero-order chi connectivity index (χ0) is 16.2. The number of benzene rings is 2. The molecule has 0 radical (unpaired) electrons. The largest absolute Gasteiger partial charge is 0.497 e. The smallest absolute Gasteiger partial charge is 0.264 e. The summed E-state index contributed by atoms with van der Waals surface area (Å²) >= 11 is 1.18. The molecule has 1 heterocycles. The van der Waals surface area contributed by atoms with Crippen LogP contribution in [-0.2, 0) is 4.79 Å². The number of para-hydroxylation sites is 1.